The maximum Gasteiger partial charge on any atom is 0.256 e. The monoisotopic (exact) mass is 557 g/mol. The van der Waals surface area contributed by atoms with E-state index in [4.69, 9.17) is 9.73 Å². The fraction of sp³-hybridized carbons (Fsp3) is 0.647. The molecule has 1 saturated carbocycles. The Morgan fingerprint density at radius 2 is 1.85 bits per heavy atom. The van der Waals surface area contributed by atoms with E-state index < -0.39 is 0 Å². The number of hydrogen-bond acceptors (Lipinski definition) is 6. The van der Waals surface area contributed by atoms with Gasteiger partial charge in [0.25, 0.3) is 5.91 Å². The van der Waals surface area contributed by atoms with Crippen LogP contribution in [0.3, 0.4) is 0 Å². The minimum Gasteiger partial charge on any atom is -0.381 e. The molecule has 0 spiro atoms. The fourth-order valence-corrected chi connectivity index (χ4v) is 8.09. The number of ether oxygens (including phenoxy) is 1. The van der Waals surface area contributed by atoms with Crippen molar-refractivity contribution in [2.45, 2.75) is 76.8 Å². The largest absolute Gasteiger partial charge is 0.381 e. The summed E-state index contributed by atoms with van der Waals surface area (Å²) in [7, 11) is 2.20. The van der Waals surface area contributed by atoms with Crippen LogP contribution in [-0.4, -0.2) is 91.5 Å². The first kappa shape index (κ1) is 27.4. The topological polar surface area (TPSA) is 60.4 Å². The van der Waals surface area contributed by atoms with Crippen molar-refractivity contribution < 1.29 is 9.53 Å². The van der Waals surface area contributed by atoms with Gasteiger partial charge in [0.1, 0.15) is 0 Å². The quantitative estimate of drug-likeness (QED) is 0.492. The van der Waals surface area contributed by atoms with Crippen molar-refractivity contribution in [3.8, 4) is 0 Å². The average molecular weight is 558 g/mol. The van der Waals surface area contributed by atoms with Crippen LogP contribution in [0.1, 0.15) is 75.8 Å². The van der Waals surface area contributed by atoms with Crippen LogP contribution < -0.4 is 5.32 Å². The van der Waals surface area contributed by atoms with Crippen LogP contribution in [0.4, 0.5) is 5.69 Å². The van der Waals surface area contributed by atoms with Crippen molar-refractivity contribution in [1.82, 2.24) is 14.7 Å². The second kappa shape index (κ2) is 11.3. The first-order valence-corrected chi connectivity index (χ1v) is 16.1. The van der Waals surface area contributed by atoms with Crippen molar-refractivity contribution >= 4 is 22.9 Å². The third-order valence-electron chi connectivity index (χ3n) is 10.7. The van der Waals surface area contributed by atoms with E-state index in [2.05, 4.69) is 65.2 Å². The molecule has 0 radical (unpaired) electrons. The third-order valence-corrected chi connectivity index (χ3v) is 10.7. The number of nitrogens with one attached hydrogen (secondary N) is 1. The van der Waals surface area contributed by atoms with Crippen LogP contribution in [0.15, 0.2) is 40.5 Å². The standard InChI is InChI=1S/C34H47N5O2/c1-22-33(23(2)39-15-14-37(3)21-39)30(18-24-4-5-24)32(35-22)20-29-28-19-26(6-7-31(28)36-34(29)40)25-8-12-38(13-9-25)27-10-16-41-17-11-27/h6-7,19-20,24-25,27,30,32H,4-5,8-18,21H2,1-3H3,(H,36,40)/b29-20?,33-23+. The number of likely N-dealkylation sites (tertiary alicyclic amines) is 1. The molecule has 220 valence electrons. The number of hydrogen-bond donors (Lipinski definition) is 1. The molecule has 1 N–H and O–H groups in total. The average Bonchev–Trinajstić information content (AvgIpc) is 3.50. The molecule has 1 aromatic carbocycles. The lowest BCUT2D eigenvalue weighted by molar-refractivity contribution is -0.110. The van der Waals surface area contributed by atoms with Crippen LogP contribution >= 0.6 is 0 Å². The Labute approximate surface area is 245 Å². The Hall–Kier alpha value is -2.48. The number of carbonyl (C=O) groups excluding carboxylic acids is 1. The number of likely N-dealkylation sites (N-methyl/N-ethyl adjacent to an activating group) is 1. The minimum absolute atomic E-state index is 0.0268. The summed E-state index contributed by atoms with van der Waals surface area (Å²) in [5, 5.41) is 3.16. The molecule has 1 aromatic rings. The summed E-state index contributed by atoms with van der Waals surface area (Å²) in [6.45, 7) is 11.8. The number of fused-ring (bicyclic) bond motifs is 1. The fourth-order valence-electron chi connectivity index (χ4n) is 8.09. The first-order chi connectivity index (χ1) is 19.9. The number of allylic oxidation sites excluding steroid dienone is 1. The summed E-state index contributed by atoms with van der Waals surface area (Å²) in [6, 6.07) is 7.42. The second-order valence-corrected chi connectivity index (χ2v) is 13.5. The molecule has 5 aliphatic heterocycles. The Morgan fingerprint density at radius 3 is 2.56 bits per heavy atom. The van der Waals surface area contributed by atoms with E-state index in [1.54, 1.807) is 0 Å². The summed E-state index contributed by atoms with van der Waals surface area (Å²) in [4.78, 5) is 26.2. The van der Waals surface area contributed by atoms with E-state index in [-0.39, 0.29) is 11.9 Å². The van der Waals surface area contributed by atoms with Gasteiger partial charge in [0, 0.05) is 66.5 Å². The van der Waals surface area contributed by atoms with Crippen molar-refractivity contribution in [3.05, 3.63) is 46.7 Å². The predicted molar refractivity (Wildman–Crippen MR) is 165 cm³/mol. The summed E-state index contributed by atoms with van der Waals surface area (Å²) in [5.41, 5.74) is 8.21. The summed E-state index contributed by atoms with van der Waals surface area (Å²) < 4.78 is 5.59. The van der Waals surface area contributed by atoms with Gasteiger partial charge in [-0.15, -0.1) is 0 Å². The molecule has 7 rings (SSSR count). The maximum atomic E-state index is 13.3. The highest BCUT2D eigenvalue weighted by molar-refractivity contribution is 6.31. The van der Waals surface area contributed by atoms with E-state index in [0.717, 1.165) is 74.5 Å². The predicted octanol–water partition coefficient (Wildman–Crippen LogP) is 5.12. The van der Waals surface area contributed by atoms with Gasteiger partial charge in [0.15, 0.2) is 0 Å². The van der Waals surface area contributed by atoms with Gasteiger partial charge >= 0.3 is 0 Å². The highest BCUT2D eigenvalue weighted by atomic mass is 16.5. The van der Waals surface area contributed by atoms with Gasteiger partial charge in [-0.3, -0.25) is 14.7 Å². The van der Waals surface area contributed by atoms with Gasteiger partial charge in [0.2, 0.25) is 0 Å². The first-order valence-electron chi connectivity index (χ1n) is 16.1. The molecular weight excluding hydrogens is 510 g/mol. The zero-order chi connectivity index (χ0) is 28.1. The zero-order valence-corrected chi connectivity index (χ0v) is 25.2. The summed E-state index contributed by atoms with van der Waals surface area (Å²) in [5.74, 6) is 1.74. The van der Waals surface area contributed by atoms with Crippen LogP contribution in [0.2, 0.25) is 0 Å². The Morgan fingerprint density at radius 1 is 1.07 bits per heavy atom. The molecule has 1 amide bonds. The van der Waals surface area contributed by atoms with Gasteiger partial charge in [-0.2, -0.15) is 0 Å². The number of carbonyl (C=O) groups is 1. The van der Waals surface area contributed by atoms with Gasteiger partial charge < -0.3 is 19.9 Å². The highest BCUT2D eigenvalue weighted by Gasteiger charge is 2.39. The normalized spacial score (nSPS) is 30.7. The molecule has 7 nitrogen and oxygen atoms in total. The molecule has 2 atom stereocenters. The second-order valence-electron chi connectivity index (χ2n) is 13.5. The molecular formula is C34H47N5O2. The molecule has 6 aliphatic rings. The van der Waals surface area contributed by atoms with E-state index in [1.165, 1.54) is 61.8 Å². The van der Waals surface area contributed by atoms with Crippen LogP contribution in [0, 0.1) is 11.8 Å². The SMILES string of the molecule is CC1=NC(C=C2C(=O)Nc3ccc(C4CCN(C5CCOCC5)CC4)cc32)C(CC2CC2)/C1=C(\C)N1CCN(C)C1. The molecule has 1 aliphatic carbocycles. The van der Waals surface area contributed by atoms with E-state index >= 15 is 0 Å². The molecule has 3 saturated heterocycles. The number of nitrogens with zero attached hydrogens (tertiary/aromatic N) is 4. The number of piperidine rings is 1. The lowest BCUT2D eigenvalue weighted by Gasteiger charge is -2.39. The minimum atomic E-state index is 0.0268. The lowest BCUT2D eigenvalue weighted by Crippen LogP contribution is -2.43. The summed E-state index contributed by atoms with van der Waals surface area (Å²) >= 11 is 0. The zero-order valence-electron chi connectivity index (χ0n) is 25.2. The lowest BCUT2D eigenvalue weighted by atomic mass is 9.84. The van der Waals surface area contributed by atoms with Gasteiger partial charge in [-0.1, -0.05) is 18.9 Å². The maximum absolute atomic E-state index is 13.3. The van der Waals surface area contributed by atoms with Crippen LogP contribution in [0.25, 0.3) is 5.57 Å². The van der Waals surface area contributed by atoms with Crippen molar-refractivity contribution in [2.24, 2.45) is 16.8 Å². The number of aliphatic imine (C=N–C) groups is 1. The van der Waals surface area contributed by atoms with Gasteiger partial charge in [-0.25, -0.2) is 0 Å². The molecule has 7 heteroatoms. The molecule has 0 bridgehead atoms. The van der Waals surface area contributed by atoms with Gasteiger partial charge in [-0.05, 0) is 107 Å². The molecule has 5 heterocycles. The van der Waals surface area contributed by atoms with Crippen LogP contribution in [0.5, 0.6) is 0 Å². The van der Waals surface area contributed by atoms with Gasteiger partial charge in [0.05, 0.1) is 12.7 Å². The van der Waals surface area contributed by atoms with Crippen molar-refractivity contribution in [2.75, 3.05) is 58.4 Å². The molecule has 4 fully saturated rings. The van der Waals surface area contributed by atoms with E-state index in [0.29, 0.717) is 17.9 Å². The van der Waals surface area contributed by atoms with Crippen molar-refractivity contribution in [3.63, 3.8) is 0 Å². The Balaban J connectivity index is 1.13. The highest BCUT2D eigenvalue weighted by Crippen LogP contribution is 2.45. The van der Waals surface area contributed by atoms with E-state index in [1.807, 2.05) is 0 Å². The Kier molecular flexibility index (Phi) is 7.55. The number of benzene rings is 1. The smallest absolute Gasteiger partial charge is 0.256 e. The van der Waals surface area contributed by atoms with Crippen LogP contribution in [-0.2, 0) is 9.53 Å². The number of rotatable bonds is 6. The van der Waals surface area contributed by atoms with E-state index in [9.17, 15) is 4.79 Å². The third kappa shape index (κ3) is 5.53. The molecule has 41 heavy (non-hydrogen) atoms. The molecule has 2 unspecified atom stereocenters. The molecule has 0 aromatic heterocycles. The van der Waals surface area contributed by atoms with Crippen molar-refractivity contribution in [1.29, 1.82) is 0 Å². The number of anilines is 1. The summed E-state index contributed by atoms with van der Waals surface area (Å²) in [6.07, 6.45) is 10.8. The number of amides is 1. The Bertz CT molecular complexity index is 1270.